The summed E-state index contributed by atoms with van der Waals surface area (Å²) in [4.78, 5) is 13.5. The molecule has 1 fully saturated rings. The second-order valence-electron chi connectivity index (χ2n) is 6.65. The zero-order valence-electron chi connectivity index (χ0n) is 13.7. The van der Waals surface area contributed by atoms with E-state index in [1.807, 2.05) is 12.2 Å². The van der Waals surface area contributed by atoms with E-state index in [0.717, 1.165) is 25.1 Å². The normalized spacial score (nSPS) is 26.1. The van der Waals surface area contributed by atoms with Gasteiger partial charge >= 0.3 is 0 Å². The second kappa shape index (κ2) is 7.20. The molecule has 1 aliphatic heterocycles. The number of likely N-dealkylation sites (tertiary alicyclic amines) is 1. The summed E-state index contributed by atoms with van der Waals surface area (Å²) >= 11 is 0. The fraction of sp³-hybridized carbons (Fsp3) is 0.474. The van der Waals surface area contributed by atoms with Crippen LogP contribution in [0.25, 0.3) is 0 Å². The number of nitrogens with zero attached hydrogens (tertiary/aromatic N) is 2. The second-order valence-corrected chi connectivity index (χ2v) is 6.65. The Kier molecular flexibility index (Phi) is 5.03. The lowest BCUT2D eigenvalue weighted by Crippen LogP contribution is -2.32. The average molecular weight is 311 g/mol. The van der Waals surface area contributed by atoms with Crippen LogP contribution in [0, 0.1) is 11.8 Å². The summed E-state index contributed by atoms with van der Waals surface area (Å²) in [6, 6.07) is 8.44. The van der Waals surface area contributed by atoms with Crippen LogP contribution in [-0.2, 0) is 0 Å². The van der Waals surface area contributed by atoms with Crippen molar-refractivity contribution in [3.63, 3.8) is 0 Å². The van der Waals surface area contributed by atoms with Crippen molar-refractivity contribution in [1.29, 1.82) is 0 Å². The van der Waals surface area contributed by atoms with E-state index in [0.29, 0.717) is 6.04 Å². The highest BCUT2D eigenvalue weighted by Crippen LogP contribution is 2.32. The predicted octanol–water partition coefficient (Wildman–Crippen LogP) is 3.48. The van der Waals surface area contributed by atoms with Crippen LogP contribution in [0.2, 0.25) is 0 Å². The maximum Gasteiger partial charge on any atom is 0.129 e. The monoisotopic (exact) mass is 311 g/mol. The third-order valence-electron chi connectivity index (χ3n) is 4.91. The van der Waals surface area contributed by atoms with Gasteiger partial charge in [0, 0.05) is 6.04 Å². The molecule has 2 aliphatic rings. The van der Waals surface area contributed by atoms with Gasteiger partial charge in [0.1, 0.15) is 6.04 Å². The Balaban J connectivity index is 1.83. The zero-order chi connectivity index (χ0) is 16.2. The standard InChI is InChI=1S/C19H25N3O/c1-14-4-7-16(8-5-14)19(22-10-2-3-11-22)13-15-6-9-17(20)18(12-15)21-23/h4-9,12,17-19H,2-3,10-11,13,20H2,1H3. The summed E-state index contributed by atoms with van der Waals surface area (Å²) in [6.07, 6.45) is 9.33. The van der Waals surface area contributed by atoms with Crippen LogP contribution < -0.4 is 5.73 Å². The number of hydrogen-bond acceptors (Lipinski definition) is 4. The molecule has 0 bridgehead atoms. The lowest BCUT2D eigenvalue weighted by molar-refractivity contribution is 0.244. The number of allylic oxidation sites excluding steroid dienone is 1. The van der Waals surface area contributed by atoms with Crippen molar-refractivity contribution in [3.8, 4) is 0 Å². The molecule has 1 heterocycles. The van der Waals surface area contributed by atoms with E-state index < -0.39 is 6.04 Å². The summed E-state index contributed by atoms with van der Waals surface area (Å²) in [5.74, 6) is 0. The fourth-order valence-electron chi connectivity index (χ4n) is 3.49. The van der Waals surface area contributed by atoms with Crippen LogP contribution in [0.15, 0.2) is 53.2 Å². The minimum absolute atomic E-state index is 0.291. The Morgan fingerprint density at radius 1 is 1.26 bits per heavy atom. The Morgan fingerprint density at radius 2 is 1.96 bits per heavy atom. The zero-order valence-corrected chi connectivity index (χ0v) is 13.7. The minimum Gasteiger partial charge on any atom is -0.322 e. The number of rotatable bonds is 5. The molecule has 1 aromatic carbocycles. The van der Waals surface area contributed by atoms with Crippen molar-refractivity contribution in [3.05, 3.63) is 64.1 Å². The third-order valence-corrected chi connectivity index (χ3v) is 4.91. The van der Waals surface area contributed by atoms with Crippen molar-refractivity contribution in [2.24, 2.45) is 10.9 Å². The molecule has 4 nitrogen and oxygen atoms in total. The van der Waals surface area contributed by atoms with E-state index in [-0.39, 0.29) is 6.04 Å². The Hall–Kier alpha value is -1.78. The first-order valence-electron chi connectivity index (χ1n) is 8.45. The number of benzene rings is 1. The SMILES string of the molecule is Cc1ccc(C(CC2=CC(N=O)C(N)C=C2)N2CCCC2)cc1. The molecule has 0 amide bonds. The lowest BCUT2D eigenvalue weighted by Gasteiger charge is -2.29. The van der Waals surface area contributed by atoms with Crippen molar-refractivity contribution in [2.45, 2.75) is 44.3 Å². The van der Waals surface area contributed by atoms with Crippen LogP contribution in [0.5, 0.6) is 0 Å². The van der Waals surface area contributed by atoms with Gasteiger partial charge in [0.05, 0.1) is 6.04 Å². The molecule has 3 atom stereocenters. The van der Waals surface area contributed by atoms with Gasteiger partial charge in [-0.2, -0.15) is 4.91 Å². The molecule has 0 saturated carbocycles. The van der Waals surface area contributed by atoms with E-state index >= 15 is 0 Å². The van der Waals surface area contributed by atoms with E-state index in [1.165, 1.54) is 24.0 Å². The number of hydrogen-bond donors (Lipinski definition) is 1. The van der Waals surface area contributed by atoms with Gasteiger partial charge in [-0.1, -0.05) is 53.2 Å². The Bertz CT molecular complexity index is 600. The molecule has 0 radical (unpaired) electrons. The summed E-state index contributed by atoms with van der Waals surface area (Å²) < 4.78 is 0. The average Bonchev–Trinajstić information content (AvgIpc) is 3.09. The van der Waals surface area contributed by atoms with Gasteiger partial charge in [-0.25, -0.2) is 0 Å². The molecule has 0 spiro atoms. The number of aryl methyl sites for hydroxylation is 1. The molecule has 1 saturated heterocycles. The van der Waals surface area contributed by atoms with Crippen LogP contribution in [0.3, 0.4) is 0 Å². The van der Waals surface area contributed by atoms with E-state index in [2.05, 4.69) is 47.3 Å². The largest absolute Gasteiger partial charge is 0.322 e. The molecule has 0 aromatic heterocycles. The molecular formula is C19H25N3O. The fourth-order valence-corrected chi connectivity index (χ4v) is 3.49. The lowest BCUT2D eigenvalue weighted by atomic mass is 9.91. The molecule has 1 aromatic rings. The Labute approximate surface area is 138 Å². The quantitative estimate of drug-likeness (QED) is 0.847. The van der Waals surface area contributed by atoms with Crippen LogP contribution in [0.4, 0.5) is 0 Å². The first-order valence-corrected chi connectivity index (χ1v) is 8.45. The first-order chi connectivity index (χ1) is 11.2. The van der Waals surface area contributed by atoms with Crippen LogP contribution in [0.1, 0.15) is 36.4 Å². The summed E-state index contributed by atoms with van der Waals surface area (Å²) in [5, 5.41) is 3.15. The molecule has 23 heavy (non-hydrogen) atoms. The van der Waals surface area contributed by atoms with Crippen LogP contribution >= 0.6 is 0 Å². The van der Waals surface area contributed by atoms with E-state index in [1.54, 1.807) is 0 Å². The van der Waals surface area contributed by atoms with Crippen molar-refractivity contribution in [1.82, 2.24) is 4.90 Å². The molecule has 3 unspecified atom stereocenters. The van der Waals surface area contributed by atoms with Gasteiger partial charge < -0.3 is 5.73 Å². The third kappa shape index (κ3) is 3.77. The minimum atomic E-state index is -0.438. The predicted molar refractivity (Wildman–Crippen MR) is 94.1 cm³/mol. The van der Waals surface area contributed by atoms with Gasteiger partial charge in [-0.05, 0) is 50.4 Å². The van der Waals surface area contributed by atoms with Gasteiger partial charge in [0.2, 0.25) is 0 Å². The summed E-state index contributed by atoms with van der Waals surface area (Å²) in [5.41, 5.74) is 9.68. The molecular weight excluding hydrogens is 286 g/mol. The van der Waals surface area contributed by atoms with Crippen LogP contribution in [-0.4, -0.2) is 30.1 Å². The highest BCUT2D eigenvalue weighted by molar-refractivity contribution is 5.33. The number of nitrogens with two attached hydrogens (primary N) is 1. The summed E-state index contributed by atoms with van der Waals surface area (Å²) in [7, 11) is 0. The van der Waals surface area contributed by atoms with Crippen molar-refractivity contribution < 1.29 is 0 Å². The highest BCUT2D eigenvalue weighted by Gasteiger charge is 2.26. The maximum absolute atomic E-state index is 10.9. The first kappa shape index (κ1) is 16.1. The molecule has 4 heteroatoms. The van der Waals surface area contributed by atoms with Gasteiger partial charge in [-0.3, -0.25) is 4.90 Å². The summed E-state index contributed by atoms with van der Waals surface area (Å²) in [6.45, 7) is 4.40. The molecule has 1 aliphatic carbocycles. The molecule has 2 N–H and O–H groups in total. The number of nitroso groups, excluding NO2 is 1. The highest BCUT2D eigenvalue weighted by atomic mass is 16.3. The smallest absolute Gasteiger partial charge is 0.129 e. The molecule has 3 rings (SSSR count). The maximum atomic E-state index is 10.9. The van der Waals surface area contributed by atoms with E-state index in [9.17, 15) is 4.91 Å². The Morgan fingerprint density at radius 3 is 2.61 bits per heavy atom. The van der Waals surface area contributed by atoms with Gasteiger partial charge in [0.15, 0.2) is 0 Å². The molecule has 122 valence electrons. The van der Waals surface area contributed by atoms with Gasteiger partial charge in [0.25, 0.3) is 0 Å². The topological polar surface area (TPSA) is 58.7 Å². The van der Waals surface area contributed by atoms with Crippen molar-refractivity contribution >= 4 is 0 Å². The van der Waals surface area contributed by atoms with Crippen molar-refractivity contribution in [2.75, 3.05) is 13.1 Å². The van der Waals surface area contributed by atoms with Gasteiger partial charge in [-0.15, -0.1) is 0 Å². The van der Waals surface area contributed by atoms with E-state index in [4.69, 9.17) is 5.73 Å².